The van der Waals surface area contributed by atoms with Gasteiger partial charge in [-0.2, -0.15) is 0 Å². The molecule has 0 amide bonds. The van der Waals surface area contributed by atoms with Crippen molar-refractivity contribution < 1.29 is 9.90 Å². The average Bonchev–Trinajstić information content (AvgIpc) is 2.89. The number of aliphatic carboxylic acids is 1. The van der Waals surface area contributed by atoms with E-state index in [4.69, 9.17) is 5.11 Å². The van der Waals surface area contributed by atoms with Crippen LogP contribution in [-0.2, 0) is 11.8 Å². The fraction of sp³-hybridized carbons (Fsp3) is 0.769. The summed E-state index contributed by atoms with van der Waals surface area (Å²) in [5.41, 5.74) is 0. The van der Waals surface area contributed by atoms with Gasteiger partial charge in [0.2, 0.25) is 5.95 Å². The minimum Gasteiger partial charge on any atom is -0.481 e. The molecule has 3 rings (SSSR count). The number of hydrogen-bond donors (Lipinski definition) is 1. The van der Waals surface area contributed by atoms with Crippen LogP contribution < -0.4 is 4.90 Å². The molecule has 1 aromatic rings. The first-order valence-electron chi connectivity index (χ1n) is 7.27. The van der Waals surface area contributed by atoms with Gasteiger partial charge in [0.05, 0.1) is 5.75 Å². The Morgan fingerprint density at radius 1 is 1.29 bits per heavy atom. The normalized spacial score (nSPS) is 26.1. The van der Waals surface area contributed by atoms with Crippen molar-refractivity contribution in [3.8, 4) is 0 Å². The number of likely N-dealkylation sites (N-methyl/N-ethyl adjacent to an activating group) is 1. The van der Waals surface area contributed by atoms with Crippen LogP contribution in [0, 0.1) is 0 Å². The first-order chi connectivity index (χ1) is 10.1. The van der Waals surface area contributed by atoms with Gasteiger partial charge in [-0.05, 0) is 26.3 Å². The minimum absolute atomic E-state index is 0.0133. The second-order valence-corrected chi connectivity index (χ2v) is 6.75. The lowest BCUT2D eigenvalue weighted by atomic mass is 10.1. The van der Waals surface area contributed by atoms with Crippen molar-refractivity contribution in [2.75, 3.05) is 30.8 Å². The molecule has 116 valence electrons. The van der Waals surface area contributed by atoms with Gasteiger partial charge < -0.3 is 10.0 Å². The SMILES string of the molecule is CN1C2CCC1CN(c1nnc(SCC(=O)O)n1C)CC2. The molecule has 2 aliphatic heterocycles. The van der Waals surface area contributed by atoms with Crippen molar-refractivity contribution in [3.63, 3.8) is 0 Å². The molecule has 0 radical (unpaired) electrons. The van der Waals surface area contributed by atoms with E-state index in [1.54, 1.807) is 0 Å². The van der Waals surface area contributed by atoms with Gasteiger partial charge in [-0.3, -0.25) is 14.3 Å². The van der Waals surface area contributed by atoms with Gasteiger partial charge in [0.1, 0.15) is 0 Å². The van der Waals surface area contributed by atoms with Crippen molar-refractivity contribution >= 4 is 23.7 Å². The largest absolute Gasteiger partial charge is 0.481 e. The van der Waals surface area contributed by atoms with Crippen LogP contribution in [0.2, 0.25) is 0 Å². The van der Waals surface area contributed by atoms with Crippen LogP contribution in [0.3, 0.4) is 0 Å². The average molecular weight is 311 g/mol. The number of carbonyl (C=O) groups is 1. The zero-order chi connectivity index (χ0) is 15.0. The summed E-state index contributed by atoms with van der Waals surface area (Å²) in [5.74, 6) is 0.0291. The van der Waals surface area contributed by atoms with E-state index in [0.717, 1.165) is 25.5 Å². The first-order valence-corrected chi connectivity index (χ1v) is 8.25. The van der Waals surface area contributed by atoms with E-state index < -0.39 is 5.97 Å². The zero-order valence-corrected chi connectivity index (χ0v) is 13.2. The van der Waals surface area contributed by atoms with E-state index in [9.17, 15) is 4.79 Å². The molecule has 0 saturated carbocycles. The van der Waals surface area contributed by atoms with E-state index in [0.29, 0.717) is 17.2 Å². The highest BCUT2D eigenvalue weighted by atomic mass is 32.2. The molecule has 1 aromatic heterocycles. The maximum absolute atomic E-state index is 10.7. The van der Waals surface area contributed by atoms with Gasteiger partial charge in [0, 0.05) is 32.2 Å². The Balaban J connectivity index is 1.73. The summed E-state index contributed by atoms with van der Waals surface area (Å²) >= 11 is 1.21. The number of fused-ring (bicyclic) bond motifs is 2. The summed E-state index contributed by atoms with van der Waals surface area (Å²) in [5, 5.41) is 17.8. The highest BCUT2D eigenvalue weighted by Gasteiger charge is 2.35. The zero-order valence-electron chi connectivity index (χ0n) is 12.4. The summed E-state index contributed by atoms with van der Waals surface area (Å²) in [7, 11) is 4.13. The van der Waals surface area contributed by atoms with Crippen molar-refractivity contribution in [3.05, 3.63) is 0 Å². The Morgan fingerprint density at radius 2 is 2.05 bits per heavy atom. The number of carboxylic acids is 1. The second-order valence-electron chi connectivity index (χ2n) is 5.81. The van der Waals surface area contributed by atoms with Gasteiger partial charge in [-0.1, -0.05) is 11.8 Å². The molecule has 0 aliphatic carbocycles. The highest BCUT2D eigenvalue weighted by Crippen LogP contribution is 2.30. The molecule has 7 nitrogen and oxygen atoms in total. The minimum atomic E-state index is -0.835. The summed E-state index contributed by atoms with van der Waals surface area (Å²) < 4.78 is 1.91. The van der Waals surface area contributed by atoms with Gasteiger partial charge in [-0.15, -0.1) is 10.2 Å². The van der Waals surface area contributed by atoms with Gasteiger partial charge in [-0.25, -0.2) is 0 Å². The molecule has 2 aliphatic rings. The molecule has 0 spiro atoms. The van der Waals surface area contributed by atoms with Crippen molar-refractivity contribution in [2.24, 2.45) is 7.05 Å². The quantitative estimate of drug-likeness (QED) is 0.819. The molecule has 21 heavy (non-hydrogen) atoms. The summed E-state index contributed by atoms with van der Waals surface area (Å²) in [6, 6.07) is 1.28. The Labute approximate surface area is 128 Å². The molecular formula is C13H21N5O2S. The fourth-order valence-corrected chi connectivity index (χ4v) is 3.95. The number of carboxylic acid groups (broad SMARTS) is 1. The van der Waals surface area contributed by atoms with Crippen LogP contribution in [0.4, 0.5) is 5.95 Å². The van der Waals surface area contributed by atoms with E-state index in [1.807, 2.05) is 11.6 Å². The van der Waals surface area contributed by atoms with E-state index >= 15 is 0 Å². The maximum atomic E-state index is 10.7. The van der Waals surface area contributed by atoms with Gasteiger partial charge in [0.25, 0.3) is 0 Å². The molecule has 3 heterocycles. The molecule has 8 heteroatoms. The summed E-state index contributed by atoms with van der Waals surface area (Å²) in [6.07, 6.45) is 3.70. The lowest BCUT2D eigenvalue weighted by Gasteiger charge is -2.26. The van der Waals surface area contributed by atoms with E-state index in [1.165, 1.54) is 24.6 Å². The molecule has 2 bridgehead atoms. The predicted octanol–water partition coefficient (Wildman–Crippen LogP) is 0.665. The Bertz CT molecular complexity index is 535. The third-order valence-corrected chi connectivity index (χ3v) is 5.57. The molecule has 0 aromatic carbocycles. The second kappa shape index (κ2) is 5.84. The van der Waals surface area contributed by atoms with Gasteiger partial charge in [0.15, 0.2) is 5.16 Å². The maximum Gasteiger partial charge on any atom is 0.313 e. The van der Waals surface area contributed by atoms with Crippen molar-refractivity contribution in [2.45, 2.75) is 36.5 Å². The molecule has 2 fully saturated rings. The lowest BCUT2D eigenvalue weighted by molar-refractivity contribution is -0.133. The number of rotatable bonds is 4. The van der Waals surface area contributed by atoms with Crippen LogP contribution in [0.25, 0.3) is 0 Å². The number of aromatic nitrogens is 3. The predicted molar refractivity (Wildman–Crippen MR) is 80.8 cm³/mol. The van der Waals surface area contributed by atoms with Crippen LogP contribution in [0.1, 0.15) is 19.3 Å². The number of hydrogen-bond acceptors (Lipinski definition) is 6. The van der Waals surface area contributed by atoms with Gasteiger partial charge >= 0.3 is 5.97 Å². The molecule has 2 atom stereocenters. The number of anilines is 1. The standard InChI is InChI=1S/C13H21N5O2S/c1-16-9-3-4-10(16)7-18(6-5-9)12-14-15-13(17(12)2)21-8-11(19)20/h9-10H,3-8H2,1-2H3,(H,19,20). The lowest BCUT2D eigenvalue weighted by Crippen LogP contribution is -2.37. The molecule has 1 N–H and O–H groups in total. The Hall–Kier alpha value is -1.28. The van der Waals surface area contributed by atoms with Crippen LogP contribution in [0.5, 0.6) is 0 Å². The third kappa shape index (κ3) is 2.87. The Morgan fingerprint density at radius 3 is 2.81 bits per heavy atom. The Kier molecular flexibility index (Phi) is 4.08. The van der Waals surface area contributed by atoms with Crippen LogP contribution >= 0.6 is 11.8 Å². The van der Waals surface area contributed by atoms with E-state index in [-0.39, 0.29) is 5.75 Å². The van der Waals surface area contributed by atoms with Crippen molar-refractivity contribution in [1.82, 2.24) is 19.7 Å². The van der Waals surface area contributed by atoms with Crippen molar-refractivity contribution in [1.29, 1.82) is 0 Å². The third-order valence-electron chi connectivity index (χ3n) is 4.57. The van der Waals surface area contributed by atoms with Crippen LogP contribution in [0.15, 0.2) is 5.16 Å². The topological polar surface area (TPSA) is 74.5 Å². The first kappa shape index (κ1) is 14.6. The fourth-order valence-electron chi connectivity index (χ4n) is 3.32. The smallest absolute Gasteiger partial charge is 0.313 e. The van der Waals surface area contributed by atoms with Crippen LogP contribution in [-0.4, -0.2) is 68.7 Å². The molecule has 2 saturated heterocycles. The summed E-state index contributed by atoms with van der Waals surface area (Å²) in [4.78, 5) is 15.5. The number of thioether (sulfide) groups is 1. The molecule has 2 unspecified atom stereocenters. The molecular weight excluding hydrogens is 290 g/mol. The number of nitrogens with zero attached hydrogens (tertiary/aromatic N) is 5. The summed E-state index contributed by atoms with van der Waals surface area (Å²) in [6.45, 7) is 1.96. The monoisotopic (exact) mass is 311 g/mol. The highest BCUT2D eigenvalue weighted by molar-refractivity contribution is 7.99. The van der Waals surface area contributed by atoms with E-state index in [2.05, 4.69) is 27.0 Å².